The van der Waals surface area contributed by atoms with Gasteiger partial charge in [0, 0.05) is 13.1 Å². The van der Waals surface area contributed by atoms with E-state index in [0.717, 1.165) is 25.2 Å². The maximum atomic E-state index is 4.94. The zero-order chi connectivity index (χ0) is 13.3. The maximum Gasteiger partial charge on any atom is 0.119 e. The van der Waals surface area contributed by atoms with Gasteiger partial charge in [-0.25, -0.2) is 4.99 Å². The highest BCUT2D eigenvalue weighted by atomic mass is 15.2. The summed E-state index contributed by atoms with van der Waals surface area (Å²) in [7, 11) is 0. The summed E-state index contributed by atoms with van der Waals surface area (Å²) >= 11 is 0. The number of rotatable bonds is 2. The second kappa shape index (κ2) is 4.84. The van der Waals surface area contributed by atoms with Crippen LogP contribution in [-0.2, 0) is 5.41 Å². The van der Waals surface area contributed by atoms with Crippen LogP contribution in [-0.4, -0.2) is 23.8 Å². The number of fused-ring (bicyclic) bond motifs is 1. The van der Waals surface area contributed by atoms with E-state index in [1.54, 1.807) is 0 Å². The highest BCUT2D eigenvalue weighted by molar-refractivity contribution is 6.02. The summed E-state index contributed by atoms with van der Waals surface area (Å²) in [6, 6.07) is 8.52. The van der Waals surface area contributed by atoms with Gasteiger partial charge in [0.15, 0.2) is 0 Å². The predicted molar refractivity (Wildman–Crippen MR) is 81.1 cm³/mol. The predicted octanol–water partition coefficient (Wildman–Crippen LogP) is 4.05. The van der Waals surface area contributed by atoms with Gasteiger partial charge in [-0.1, -0.05) is 31.2 Å². The van der Waals surface area contributed by atoms with Crippen molar-refractivity contribution in [3.8, 4) is 0 Å². The van der Waals surface area contributed by atoms with Crippen molar-refractivity contribution in [3.63, 3.8) is 0 Å². The van der Waals surface area contributed by atoms with Crippen LogP contribution in [0.4, 0.5) is 5.69 Å². The SMILES string of the molecule is C=CC1(CC)C(N2CCCCC2)=Nc2ccccc21. The second-order valence-electron chi connectivity index (χ2n) is 5.53. The average molecular weight is 254 g/mol. The van der Waals surface area contributed by atoms with Gasteiger partial charge in [0.05, 0.1) is 11.1 Å². The molecule has 100 valence electrons. The summed E-state index contributed by atoms with van der Waals surface area (Å²) in [5, 5.41) is 0. The monoisotopic (exact) mass is 254 g/mol. The van der Waals surface area contributed by atoms with Crippen molar-refractivity contribution in [3.05, 3.63) is 42.5 Å². The lowest BCUT2D eigenvalue weighted by Gasteiger charge is -2.37. The van der Waals surface area contributed by atoms with Crippen LogP contribution in [0.2, 0.25) is 0 Å². The number of hydrogen-bond donors (Lipinski definition) is 0. The molecule has 0 bridgehead atoms. The number of amidine groups is 1. The van der Waals surface area contributed by atoms with E-state index in [4.69, 9.17) is 4.99 Å². The number of benzene rings is 1. The Morgan fingerprint density at radius 1 is 1.26 bits per heavy atom. The first-order valence-corrected chi connectivity index (χ1v) is 7.39. The van der Waals surface area contributed by atoms with E-state index in [2.05, 4.69) is 48.7 Å². The first kappa shape index (κ1) is 12.5. The second-order valence-corrected chi connectivity index (χ2v) is 5.53. The highest BCUT2D eigenvalue weighted by Crippen LogP contribution is 2.44. The number of likely N-dealkylation sites (tertiary alicyclic amines) is 1. The van der Waals surface area contributed by atoms with E-state index in [9.17, 15) is 0 Å². The topological polar surface area (TPSA) is 15.6 Å². The van der Waals surface area contributed by atoms with Crippen LogP contribution in [0.3, 0.4) is 0 Å². The van der Waals surface area contributed by atoms with Crippen LogP contribution in [0.1, 0.15) is 38.2 Å². The van der Waals surface area contributed by atoms with Crippen LogP contribution in [0, 0.1) is 0 Å². The van der Waals surface area contributed by atoms with Crippen LogP contribution in [0.25, 0.3) is 0 Å². The molecule has 1 fully saturated rings. The normalized spacial score (nSPS) is 25.9. The molecule has 1 saturated heterocycles. The molecule has 1 atom stereocenters. The number of hydrogen-bond acceptors (Lipinski definition) is 2. The Bertz CT molecular complexity index is 512. The molecule has 0 N–H and O–H groups in total. The smallest absolute Gasteiger partial charge is 0.119 e. The average Bonchev–Trinajstić information content (AvgIpc) is 2.83. The van der Waals surface area contributed by atoms with Crippen molar-refractivity contribution >= 4 is 11.5 Å². The summed E-state index contributed by atoms with van der Waals surface area (Å²) in [5.74, 6) is 1.23. The number of para-hydroxylation sites is 1. The van der Waals surface area contributed by atoms with E-state index in [0.29, 0.717) is 0 Å². The Morgan fingerprint density at radius 3 is 2.68 bits per heavy atom. The Morgan fingerprint density at radius 2 is 2.00 bits per heavy atom. The molecule has 0 saturated carbocycles. The van der Waals surface area contributed by atoms with Gasteiger partial charge >= 0.3 is 0 Å². The molecule has 0 aliphatic carbocycles. The van der Waals surface area contributed by atoms with Gasteiger partial charge in [0.1, 0.15) is 5.84 Å². The Hall–Kier alpha value is -1.57. The number of aliphatic imine (C=N–C) groups is 1. The molecular formula is C17H22N2. The summed E-state index contributed by atoms with van der Waals surface area (Å²) < 4.78 is 0. The molecule has 0 amide bonds. The van der Waals surface area contributed by atoms with Gasteiger partial charge in [-0.15, -0.1) is 6.58 Å². The molecular weight excluding hydrogens is 232 g/mol. The van der Waals surface area contributed by atoms with E-state index in [1.807, 2.05) is 0 Å². The lowest BCUT2D eigenvalue weighted by molar-refractivity contribution is 0.326. The molecule has 2 aliphatic heterocycles. The Labute approximate surface area is 115 Å². The van der Waals surface area contributed by atoms with Gasteiger partial charge in [0.25, 0.3) is 0 Å². The van der Waals surface area contributed by atoms with Crippen molar-refractivity contribution in [2.24, 2.45) is 4.99 Å². The first-order valence-electron chi connectivity index (χ1n) is 7.39. The zero-order valence-electron chi connectivity index (χ0n) is 11.7. The Kier molecular flexibility index (Phi) is 3.17. The number of nitrogens with zero attached hydrogens (tertiary/aromatic N) is 2. The van der Waals surface area contributed by atoms with Gasteiger partial charge in [-0.2, -0.15) is 0 Å². The summed E-state index contributed by atoms with van der Waals surface area (Å²) in [5.41, 5.74) is 2.38. The van der Waals surface area contributed by atoms with E-state index in [1.165, 1.54) is 30.7 Å². The molecule has 1 unspecified atom stereocenters. The minimum atomic E-state index is -0.0755. The van der Waals surface area contributed by atoms with Crippen LogP contribution in [0.5, 0.6) is 0 Å². The fourth-order valence-electron chi connectivity index (χ4n) is 3.44. The lowest BCUT2D eigenvalue weighted by Crippen LogP contribution is -2.45. The molecule has 0 spiro atoms. The molecule has 2 aliphatic rings. The third-order valence-electron chi connectivity index (χ3n) is 4.57. The van der Waals surface area contributed by atoms with Crippen molar-refractivity contribution in [2.75, 3.05) is 13.1 Å². The third-order valence-corrected chi connectivity index (χ3v) is 4.57. The number of piperidine rings is 1. The van der Waals surface area contributed by atoms with Crippen molar-refractivity contribution in [1.29, 1.82) is 0 Å². The summed E-state index contributed by atoms with van der Waals surface area (Å²) in [6.07, 6.45) is 7.05. The van der Waals surface area contributed by atoms with E-state index in [-0.39, 0.29) is 5.41 Å². The molecule has 0 aromatic heterocycles. The first-order chi connectivity index (χ1) is 9.31. The molecule has 19 heavy (non-hydrogen) atoms. The maximum absolute atomic E-state index is 4.94. The fraction of sp³-hybridized carbons (Fsp3) is 0.471. The quantitative estimate of drug-likeness (QED) is 0.727. The summed E-state index contributed by atoms with van der Waals surface area (Å²) in [4.78, 5) is 7.42. The molecule has 2 heteroatoms. The van der Waals surface area contributed by atoms with Crippen LogP contribution < -0.4 is 0 Å². The molecule has 0 radical (unpaired) electrons. The van der Waals surface area contributed by atoms with E-state index < -0.39 is 0 Å². The minimum Gasteiger partial charge on any atom is -0.359 e. The van der Waals surface area contributed by atoms with Gasteiger partial charge in [0.2, 0.25) is 0 Å². The molecule has 1 aromatic carbocycles. The lowest BCUT2D eigenvalue weighted by atomic mass is 9.77. The zero-order valence-corrected chi connectivity index (χ0v) is 11.7. The Balaban J connectivity index is 2.06. The van der Waals surface area contributed by atoms with Gasteiger partial charge < -0.3 is 4.90 Å². The minimum absolute atomic E-state index is 0.0755. The van der Waals surface area contributed by atoms with Crippen LogP contribution >= 0.6 is 0 Å². The molecule has 1 aromatic rings. The highest BCUT2D eigenvalue weighted by Gasteiger charge is 2.42. The molecule has 2 nitrogen and oxygen atoms in total. The van der Waals surface area contributed by atoms with Crippen molar-refractivity contribution in [2.45, 2.75) is 38.0 Å². The third kappa shape index (κ3) is 1.81. The van der Waals surface area contributed by atoms with Gasteiger partial charge in [-0.05, 0) is 37.3 Å². The largest absolute Gasteiger partial charge is 0.359 e. The fourth-order valence-corrected chi connectivity index (χ4v) is 3.44. The van der Waals surface area contributed by atoms with E-state index >= 15 is 0 Å². The van der Waals surface area contributed by atoms with Crippen molar-refractivity contribution < 1.29 is 0 Å². The summed E-state index contributed by atoms with van der Waals surface area (Å²) in [6.45, 7) is 8.64. The van der Waals surface area contributed by atoms with Crippen LogP contribution in [0.15, 0.2) is 41.9 Å². The van der Waals surface area contributed by atoms with Crippen molar-refractivity contribution in [1.82, 2.24) is 4.90 Å². The van der Waals surface area contributed by atoms with Gasteiger partial charge in [-0.3, -0.25) is 0 Å². The molecule has 2 heterocycles. The molecule has 3 rings (SSSR count). The standard InChI is InChI=1S/C17H22N2/c1-3-17(4-2)14-10-6-7-11-15(14)18-16(17)19-12-8-5-9-13-19/h3,6-7,10-11H,1,4-5,8-9,12-13H2,2H3.